The molecule has 0 radical (unpaired) electrons. The first-order chi connectivity index (χ1) is 21.9. The first-order valence-electron chi connectivity index (χ1n) is 15.4. The lowest BCUT2D eigenvalue weighted by molar-refractivity contribution is 0.111. The van der Waals surface area contributed by atoms with E-state index in [9.17, 15) is 9.59 Å². The summed E-state index contributed by atoms with van der Waals surface area (Å²) in [4.78, 5) is 38.9. The second-order valence-electron chi connectivity index (χ2n) is 12.3. The summed E-state index contributed by atoms with van der Waals surface area (Å²) in [5.74, 6) is -0.597. The molecule has 1 saturated carbocycles. The van der Waals surface area contributed by atoms with Crippen LogP contribution < -0.4 is 10.3 Å². The topological polar surface area (TPSA) is 102 Å². The lowest BCUT2D eigenvalue weighted by Crippen LogP contribution is -2.48. The number of fused-ring (bicyclic) bond motifs is 1. The number of hydrogen-bond donors (Lipinski definition) is 0. The molecule has 0 bridgehead atoms. The molecule has 5 heterocycles. The molecule has 1 aromatic carbocycles. The van der Waals surface area contributed by atoms with Crippen molar-refractivity contribution < 1.29 is 9.18 Å². The summed E-state index contributed by atoms with van der Waals surface area (Å²) in [6, 6.07) is 11.7. The molecule has 2 aliphatic rings. The lowest BCUT2D eigenvalue weighted by Gasteiger charge is -2.40. The summed E-state index contributed by atoms with van der Waals surface area (Å²) in [6.07, 6.45) is 11.7. The van der Waals surface area contributed by atoms with Crippen molar-refractivity contribution in [3.63, 3.8) is 0 Å². The van der Waals surface area contributed by atoms with Crippen LogP contribution in [0.5, 0.6) is 0 Å². The molecule has 4 aromatic heterocycles. The minimum absolute atomic E-state index is 0.105. The molecular formula is C34H35FN8O2. The maximum Gasteiger partial charge on any atom is 0.193 e. The monoisotopic (exact) mass is 606 g/mol. The van der Waals surface area contributed by atoms with Crippen LogP contribution in [0.4, 0.5) is 10.1 Å². The number of anilines is 1. The van der Waals surface area contributed by atoms with Gasteiger partial charge in [0, 0.05) is 73.0 Å². The summed E-state index contributed by atoms with van der Waals surface area (Å²) in [5, 5.41) is 8.03. The van der Waals surface area contributed by atoms with E-state index in [2.05, 4.69) is 46.8 Å². The van der Waals surface area contributed by atoms with Gasteiger partial charge in [-0.25, -0.2) is 9.07 Å². The Labute approximate surface area is 260 Å². The van der Waals surface area contributed by atoms with Gasteiger partial charge in [-0.1, -0.05) is 5.21 Å². The van der Waals surface area contributed by atoms with Gasteiger partial charge in [-0.3, -0.25) is 24.5 Å². The van der Waals surface area contributed by atoms with Crippen molar-refractivity contribution >= 4 is 22.9 Å². The minimum Gasteiger partial charge on any atom is -0.369 e. The van der Waals surface area contributed by atoms with Crippen LogP contribution in [0.15, 0.2) is 66.0 Å². The zero-order chi connectivity index (χ0) is 31.1. The number of carbonyl (C=O) groups excluding carboxylic acids is 1. The molecule has 2 fully saturated rings. The van der Waals surface area contributed by atoms with Crippen molar-refractivity contribution in [1.82, 2.24) is 34.4 Å². The quantitative estimate of drug-likeness (QED) is 0.217. The third-order valence-corrected chi connectivity index (χ3v) is 8.89. The van der Waals surface area contributed by atoms with Crippen LogP contribution in [0.2, 0.25) is 0 Å². The van der Waals surface area contributed by atoms with Crippen LogP contribution in [-0.2, 0) is 13.1 Å². The summed E-state index contributed by atoms with van der Waals surface area (Å²) in [5.41, 5.74) is 5.55. The number of aryl methyl sites for hydroxylation is 2. The highest BCUT2D eigenvalue weighted by Crippen LogP contribution is 2.38. The van der Waals surface area contributed by atoms with E-state index in [1.54, 1.807) is 6.07 Å². The number of nitrogens with zero attached hydrogens (tertiary/aromatic N) is 8. The third-order valence-electron chi connectivity index (χ3n) is 8.89. The van der Waals surface area contributed by atoms with Gasteiger partial charge in [0.15, 0.2) is 11.7 Å². The van der Waals surface area contributed by atoms with E-state index >= 15 is 4.39 Å². The smallest absolute Gasteiger partial charge is 0.193 e. The summed E-state index contributed by atoms with van der Waals surface area (Å²) >= 11 is 0. The van der Waals surface area contributed by atoms with Crippen molar-refractivity contribution in [2.45, 2.75) is 64.7 Å². The molecule has 7 rings (SSSR count). The fourth-order valence-electron chi connectivity index (χ4n) is 6.41. The molecule has 1 unspecified atom stereocenters. The Hall–Kier alpha value is -4.77. The first-order valence-corrected chi connectivity index (χ1v) is 15.4. The van der Waals surface area contributed by atoms with Gasteiger partial charge in [-0.15, -0.1) is 5.10 Å². The van der Waals surface area contributed by atoms with Crippen LogP contribution >= 0.6 is 0 Å². The van der Waals surface area contributed by atoms with Crippen LogP contribution in [0.1, 0.15) is 64.7 Å². The predicted molar refractivity (Wildman–Crippen MR) is 169 cm³/mol. The number of hydrogen-bond acceptors (Lipinski definition) is 8. The van der Waals surface area contributed by atoms with Gasteiger partial charge >= 0.3 is 0 Å². The van der Waals surface area contributed by atoms with Crippen LogP contribution in [-0.4, -0.2) is 59.8 Å². The molecule has 230 valence electrons. The van der Waals surface area contributed by atoms with E-state index < -0.39 is 5.82 Å². The number of aldehydes is 1. The molecule has 10 nitrogen and oxygen atoms in total. The van der Waals surface area contributed by atoms with Crippen molar-refractivity contribution in [2.75, 3.05) is 18.0 Å². The standard InChI is InChI=1S/C34H35FN8O2/c1-22-5-6-28(15-37-22)40-11-3-4-29(20-40)41(16-24-9-10-36-23(2)12-24)17-25-18-42(27-7-8-27)32-14-33(31(35)13-30(32)34(25)45)43-19-26(21-44)38-39-43/h5-6,9-10,12-15,18-19,21,27,29H,3-4,7-8,11,16-17,20H2,1-2H3. The van der Waals surface area contributed by atoms with E-state index in [0.29, 0.717) is 35.8 Å². The second kappa shape index (κ2) is 12.0. The minimum atomic E-state index is -0.597. The molecule has 0 N–H and O–H groups in total. The van der Waals surface area contributed by atoms with Gasteiger partial charge in [-0.2, -0.15) is 0 Å². The number of rotatable bonds is 9. The molecule has 45 heavy (non-hydrogen) atoms. The molecule has 0 spiro atoms. The Kier molecular flexibility index (Phi) is 7.70. The first kappa shape index (κ1) is 29.0. The molecule has 5 aromatic rings. The Morgan fingerprint density at radius 1 is 1.02 bits per heavy atom. The fraction of sp³-hybridized carbons (Fsp3) is 0.353. The highest BCUT2D eigenvalue weighted by molar-refractivity contribution is 5.82. The number of carbonyl (C=O) groups is 1. The van der Waals surface area contributed by atoms with Gasteiger partial charge in [0.2, 0.25) is 0 Å². The van der Waals surface area contributed by atoms with Gasteiger partial charge in [0.25, 0.3) is 0 Å². The Bertz CT molecular complexity index is 1930. The molecule has 0 amide bonds. The van der Waals surface area contributed by atoms with E-state index in [4.69, 9.17) is 0 Å². The van der Waals surface area contributed by atoms with Crippen molar-refractivity contribution in [2.24, 2.45) is 0 Å². The number of halogens is 1. The maximum atomic E-state index is 15.5. The fourth-order valence-corrected chi connectivity index (χ4v) is 6.41. The normalized spacial score (nSPS) is 16.9. The van der Waals surface area contributed by atoms with Crippen molar-refractivity contribution in [3.05, 3.63) is 105 Å². The molecule has 1 atom stereocenters. The molecule has 1 saturated heterocycles. The highest BCUT2D eigenvalue weighted by Gasteiger charge is 2.30. The largest absolute Gasteiger partial charge is 0.369 e. The van der Waals surface area contributed by atoms with Crippen LogP contribution in [0.3, 0.4) is 0 Å². The predicted octanol–water partition coefficient (Wildman–Crippen LogP) is 4.95. The summed E-state index contributed by atoms with van der Waals surface area (Å²) < 4.78 is 18.9. The van der Waals surface area contributed by atoms with E-state index in [1.165, 1.54) is 16.9 Å². The number of piperidine rings is 1. The van der Waals surface area contributed by atoms with Crippen molar-refractivity contribution in [1.29, 1.82) is 0 Å². The van der Waals surface area contributed by atoms with E-state index in [-0.39, 0.29) is 28.9 Å². The average molecular weight is 607 g/mol. The van der Waals surface area contributed by atoms with Crippen LogP contribution in [0, 0.1) is 19.7 Å². The van der Waals surface area contributed by atoms with E-state index in [0.717, 1.165) is 61.4 Å². The lowest BCUT2D eigenvalue weighted by atomic mass is 10.0. The second-order valence-corrected chi connectivity index (χ2v) is 12.3. The third kappa shape index (κ3) is 6.00. The highest BCUT2D eigenvalue weighted by atomic mass is 19.1. The summed E-state index contributed by atoms with van der Waals surface area (Å²) in [6.45, 7) is 6.84. The zero-order valence-electron chi connectivity index (χ0n) is 25.4. The molecular weight excluding hydrogens is 571 g/mol. The maximum absolute atomic E-state index is 15.5. The SMILES string of the molecule is Cc1ccc(N2CCCC(N(Cc3ccnc(C)c3)Cc3cn(C4CC4)c4cc(-n5cc(C=O)nn5)c(F)cc4c3=O)C2)cn1. The van der Waals surface area contributed by atoms with Gasteiger partial charge < -0.3 is 9.47 Å². The number of benzene rings is 1. The van der Waals surface area contributed by atoms with E-state index in [1.807, 2.05) is 44.6 Å². The molecule has 1 aliphatic carbocycles. The Morgan fingerprint density at radius 3 is 2.62 bits per heavy atom. The number of aromatic nitrogens is 6. The van der Waals surface area contributed by atoms with Gasteiger partial charge in [0.1, 0.15) is 17.2 Å². The molecule has 11 heteroatoms. The zero-order valence-corrected chi connectivity index (χ0v) is 25.4. The average Bonchev–Trinajstić information content (AvgIpc) is 3.78. The Morgan fingerprint density at radius 2 is 1.89 bits per heavy atom. The van der Waals surface area contributed by atoms with Crippen molar-refractivity contribution in [3.8, 4) is 5.69 Å². The van der Waals surface area contributed by atoms with Crippen LogP contribution in [0.25, 0.3) is 16.6 Å². The van der Waals surface area contributed by atoms with Gasteiger partial charge in [-0.05, 0) is 81.5 Å². The summed E-state index contributed by atoms with van der Waals surface area (Å²) in [7, 11) is 0. The van der Waals surface area contributed by atoms with Gasteiger partial charge in [0.05, 0.1) is 23.6 Å². The molecule has 1 aliphatic heterocycles. The Balaban J connectivity index is 1.27. The number of pyridine rings is 3.